The van der Waals surface area contributed by atoms with Crippen LogP contribution in [0.25, 0.3) is 5.65 Å². The molecule has 2 aliphatic rings. The summed E-state index contributed by atoms with van der Waals surface area (Å²) in [6.07, 6.45) is 0.473. The molecule has 4 heterocycles. The second kappa shape index (κ2) is 13.7. The summed E-state index contributed by atoms with van der Waals surface area (Å²) in [5, 5.41) is 21.3. The molecule has 2 aromatic heterocycles. The zero-order valence-corrected chi connectivity index (χ0v) is 23.3. The number of alkyl halides is 3. The number of nitrogens with one attached hydrogen (secondary N) is 3. The number of ether oxygens (including phenoxy) is 2. The number of aromatic nitrogens is 3. The maximum atomic E-state index is 13.3. The number of rotatable bonds is 7. The number of benzene rings is 1. The van der Waals surface area contributed by atoms with Gasteiger partial charge in [-0.2, -0.15) is 18.3 Å². The Labute approximate surface area is 240 Å². The van der Waals surface area contributed by atoms with Crippen LogP contribution in [0.4, 0.5) is 30.4 Å². The Hall–Kier alpha value is -4.11. The van der Waals surface area contributed by atoms with Gasteiger partial charge < -0.3 is 35.4 Å². The highest BCUT2D eigenvalue weighted by Gasteiger charge is 2.38. The first-order chi connectivity index (χ1) is 20.0. The predicted octanol–water partition coefficient (Wildman–Crippen LogP) is 3.40. The van der Waals surface area contributed by atoms with E-state index < -0.39 is 12.1 Å². The van der Waals surface area contributed by atoms with Gasteiger partial charge in [0.05, 0.1) is 31.2 Å². The quantitative estimate of drug-likeness (QED) is 0.322. The lowest BCUT2D eigenvalue weighted by molar-refractivity contribution is -0.192. The number of piperidine rings is 1. The van der Waals surface area contributed by atoms with E-state index in [1.54, 1.807) is 10.7 Å². The van der Waals surface area contributed by atoms with Gasteiger partial charge in [0.2, 0.25) is 0 Å². The Morgan fingerprint density at radius 3 is 2.60 bits per heavy atom. The van der Waals surface area contributed by atoms with E-state index in [2.05, 4.69) is 30.9 Å². The largest absolute Gasteiger partial charge is 0.490 e. The molecule has 15 heteroatoms. The van der Waals surface area contributed by atoms with Crippen LogP contribution >= 0.6 is 0 Å². The maximum Gasteiger partial charge on any atom is 0.490 e. The molecule has 228 valence electrons. The average Bonchev–Trinajstić information content (AvgIpc) is 3.38. The smallest absolute Gasteiger partial charge is 0.489 e. The fourth-order valence-corrected chi connectivity index (χ4v) is 4.47. The zero-order chi connectivity index (χ0) is 30.3. The van der Waals surface area contributed by atoms with Crippen LogP contribution in [0.1, 0.15) is 37.0 Å². The Kier molecular flexibility index (Phi) is 10.1. The van der Waals surface area contributed by atoms with Gasteiger partial charge in [-0.05, 0) is 51.4 Å². The van der Waals surface area contributed by atoms with Gasteiger partial charge in [0.25, 0.3) is 5.91 Å². The third kappa shape index (κ3) is 8.22. The fourth-order valence-electron chi connectivity index (χ4n) is 4.47. The number of halogens is 3. The van der Waals surface area contributed by atoms with Crippen LogP contribution in [0.5, 0.6) is 5.75 Å². The average molecular weight is 594 g/mol. The van der Waals surface area contributed by atoms with E-state index in [0.717, 1.165) is 50.5 Å². The van der Waals surface area contributed by atoms with E-state index in [4.69, 9.17) is 19.4 Å². The summed E-state index contributed by atoms with van der Waals surface area (Å²) in [6, 6.07) is 8.08. The summed E-state index contributed by atoms with van der Waals surface area (Å²) in [6.45, 7) is 8.95. The lowest BCUT2D eigenvalue weighted by Crippen LogP contribution is -2.38. The van der Waals surface area contributed by atoms with Crippen molar-refractivity contribution in [2.75, 3.05) is 54.9 Å². The van der Waals surface area contributed by atoms with Crippen molar-refractivity contribution in [2.24, 2.45) is 0 Å². The van der Waals surface area contributed by atoms with Crippen LogP contribution in [0.2, 0.25) is 0 Å². The standard InChI is InChI=1S/C25H33N7O3.C2HF3O2/c1-17(2)35-22-14-19(31-10-12-34-13-11-31)5-6-21(22)29-25(33)20-16-27-32-9-7-23(30-24(20)32)28-18-4-3-8-26-15-18;3-2(4,5)1(6)7/h5-7,9,14,16-18,26H,3-4,8,10-13,15H2,1-2H3,(H,28,30)(H,29,33);(H,6,7)/t18-;/m1./s1. The lowest BCUT2D eigenvalue weighted by Gasteiger charge is -2.29. The summed E-state index contributed by atoms with van der Waals surface area (Å²) < 4.78 is 44.9. The molecule has 0 saturated carbocycles. The summed E-state index contributed by atoms with van der Waals surface area (Å²) >= 11 is 0. The predicted molar refractivity (Wildman–Crippen MR) is 149 cm³/mol. The molecule has 0 spiro atoms. The summed E-state index contributed by atoms with van der Waals surface area (Å²) in [4.78, 5) is 29.1. The highest BCUT2D eigenvalue weighted by molar-refractivity contribution is 6.09. The molecule has 3 aromatic rings. The molecule has 0 bridgehead atoms. The molecule has 12 nitrogen and oxygen atoms in total. The molecule has 0 aliphatic carbocycles. The second-order valence-corrected chi connectivity index (χ2v) is 10.0. The van der Waals surface area contributed by atoms with Gasteiger partial charge in [-0.1, -0.05) is 0 Å². The van der Waals surface area contributed by atoms with E-state index in [1.807, 2.05) is 44.3 Å². The number of carboxylic acids is 1. The van der Waals surface area contributed by atoms with Gasteiger partial charge in [0.15, 0.2) is 5.65 Å². The van der Waals surface area contributed by atoms with E-state index in [1.165, 1.54) is 0 Å². The number of nitrogens with zero attached hydrogens (tertiary/aromatic N) is 4. The molecule has 4 N–H and O–H groups in total. The molecule has 42 heavy (non-hydrogen) atoms. The molecule has 1 atom stereocenters. The SMILES string of the molecule is CC(C)Oc1cc(N2CCOCC2)ccc1NC(=O)c1cnn2ccc(N[C@@H]3CCCNC3)nc12.O=C(O)C(F)(F)F. The van der Waals surface area contributed by atoms with Gasteiger partial charge in [-0.3, -0.25) is 4.79 Å². The van der Waals surface area contributed by atoms with Crippen molar-refractivity contribution in [3.8, 4) is 5.75 Å². The van der Waals surface area contributed by atoms with Gasteiger partial charge >= 0.3 is 12.1 Å². The third-order valence-electron chi connectivity index (χ3n) is 6.46. The first kappa shape index (κ1) is 30.8. The lowest BCUT2D eigenvalue weighted by atomic mass is 10.1. The van der Waals surface area contributed by atoms with Crippen molar-refractivity contribution in [2.45, 2.75) is 45.0 Å². The van der Waals surface area contributed by atoms with Crippen molar-refractivity contribution in [3.63, 3.8) is 0 Å². The number of morpholine rings is 1. The first-order valence-electron chi connectivity index (χ1n) is 13.6. The van der Waals surface area contributed by atoms with E-state index >= 15 is 0 Å². The molecule has 2 aliphatic heterocycles. The molecule has 1 aromatic carbocycles. The minimum Gasteiger partial charge on any atom is -0.489 e. The highest BCUT2D eigenvalue weighted by atomic mass is 19.4. The monoisotopic (exact) mass is 593 g/mol. The van der Waals surface area contributed by atoms with Gasteiger partial charge in [-0.25, -0.2) is 14.3 Å². The van der Waals surface area contributed by atoms with Gasteiger partial charge in [0.1, 0.15) is 17.1 Å². The number of carbonyl (C=O) groups excluding carboxylic acids is 1. The van der Waals surface area contributed by atoms with Crippen molar-refractivity contribution in [1.29, 1.82) is 0 Å². The minimum atomic E-state index is -5.08. The summed E-state index contributed by atoms with van der Waals surface area (Å²) in [5.74, 6) is -1.67. The molecule has 5 rings (SSSR count). The van der Waals surface area contributed by atoms with Crippen LogP contribution < -0.4 is 25.6 Å². The van der Waals surface area contributed by atoms with Crippen LogP contribution in [-0.2, 0) is 9.53 Å². The van der Waals surface area contributed by atoms with E-state index in [9.17, 15) is 18.0 Å². The minimum absolute atomic E-state index is 0.0351. The number of amides is 1. The number of aliphatic carboxylic acids is 1. The molecule has 2 saturated heterocycles. The van der Waals surface area contributed by atoms with E-state index in [0.29, 0.717) is 41.9 Å². The second-order valence-electron chi connectivity index (χ2n) is 10.0. The number of anilines is 3. The fraction of sp³-hybridized carbons (Fsp3) is 0.481. The number of fused-ring (bicyclic) bond motifs is 1. The van der Waals surface area contributed by atoms with Crippen LogP contribution in [0.3, 0.4) is 0 Å². The number of carbonyl (C=O) groups is 2. The summed E-state index contributed by atoms with van der Waals surface area (Å²) in [5.41, 5.74) is 2.57. The van der Waals surface area contributed by atoms with Crippen LogP contribution in [0, 0.1) is 0 Å². The van der Waals surface area contributed by atoms with Crippen molar-refractivity contribution in [1.82, 2.24) is 19.9 Å². The van der Waals surface area contributed by atoms with Crippen molar-refractivity contribution >= 4 is 34.7 Å². The Morgan fingerprint density at radius 1 is 1.21 bits per heavy atom. The normalized spacial score (nSPS) is 17.4. The number of carboxylic acid groups (broad SMARTS) is 1. The van der Waals surface area contributed by atoms with Crippen molar-refractivity contribution < 1.29 is 37.3 Å². The van der Waals surface area contributed by atoms with Gasteiger partial charge in [0, 0.05) is 43.6 Å². The molecular formula is C27H34F3N7O5. The third-order valence-corrected chi connectivity index (χ3v) is 6.46. The summed E-state index contributed by atoms with van der Waals surface area (Å²) in [7, 11) is 0. The van der Waals surface area contributed by atoms with Crippen LogP contribution in [0.15, 0.2) is 36.7 Å². The Balaban J connectivity index is 0.000000517. The topological polar surface area (TPSA) is 142 Å². The Morgan fingerprint density at radius 2 is 1.95 bits per heavy atom. The zero-order valence-electron chi connectivity index (χ0n) is 23.3. The Bertz CT molecular complexity index is 1370. The molecule has 2 fully saturated rings. The number of hydrogen-bond donors (Lipinski definition) is 4. The molecule has 0 radical (unpaired) electrons. The van der Waals surface area contributed by atoms with Gasteiger partial charge in [-0.15, -0.1) is 0 Å². The molecule has 0 unspecified atom stereocenters. The van der Waals surface area contributed by atoms with Crippen LogP contribution in [-0.4, -0.2) is 89.3 Å². The molecule has 1 amide bonds. The van der Waals surface area contributed by atoms with Crippen molar-refractivity contribution in [3.05, 3.63) is 42.2 Å². The molecular weight excluding hydrogens is 559 g/mol. The van der Waals surface area contributed by atoms with E-state index in [-0.39, 0.29) is 12.0 Å². The highest BCUT2D eigenvalue weighted by Crippen LogP contribution is 2.32. The number of hydrogen-bond acceptors (Lipinski definition) is 9. The first-order valence-corrected chi connectivity index (χ1v) is 13.6. The maximum absolute atomic E-state index is 13.3.